The van der Waals surface area contributed by atoms with E-state index in [1.54, 1.807) is 17.8 Å². The summed E-state index contributed by atoms with van der Waals surface area (Å²) in [4.78, 5) is 34.3. The van der Waals surface area contributed by atoms with E-state index in [-0.39, 0.29) is 36.7 Å². The van der Waals surface area contributed by atoms with Crippen molar-refractivity contribution in [1.29, 1.82) is 0 Å². The van der Waals surface area contributed by atoms with Crippen molar-refractivity contribution in [1.82, 2.24) is 9.97 Å². The number of carbonyl (C=O) groups excluding carboxylic acids is 2. The van der Waals surface area contributed by atoms with Crippen LogP contribution in [0.1, 0.15) is 47.9 Å². The molecule has 0 saturated carbocycles. The first-order valence-electron chi connectivity index (χ1n) is 13.6. The van der Waals surface area contributed by atoms with Crippen molar-refractivity contribution in [3.63, 3.8) is 0 Å². The molecule has 2 aliphatic rings. The molecule has 42 heavy (non-hydrogen) atoms. The number of aromatic nitrogens is 2. The van der Waals surface area contributed by atoms with Gasteiger partial charge in [-0.05, 0) is 62.9 Å². The van der Waals surface area contributed by atoms with Gasteiger partial charge in [0.05, 0.1) is 11.7 Å². The van der Waals surface area contributed by atoms with Gasteiger partial charge in [0.25, 0.3) is 11.8 Å². The number of para-hydroxylation sites is 1. The Morgan fingerprint density at radius 3 is 2.60 bits per heavy atom. The van der Waals surface area contributed by atoms with E-state index in [0.29, 0.717) is 27.5 Å². The summed E-state index contributed by atoms with van der Waals surface area (Å²) in [7, 11) is 0. The first-order valence-corrected chi connectivity index (χ1v) is 15.3. The average molecular weight is 606 g/mol. The van der Waals surface area contributed by atoms with Crippen molar-refractivity contribution in [3.05, 3.63) is 69.7 Å². The van der Waals surface area contributed by atoms with Crippen LogP contribution in [0, 0.1) is 6.92 Å². The Hall–Kier alpha value is -4.16. The van der Waals surface area contributed by atoms with E-state index in [9.17, 15) is 9.59 Å². The summed E-state index contributed by atoms with van der Waals surface area (Å²) < 4.78 is 18.2. The number of carbonyl (C=O) groups is 2. The molecule has 10 nitrogen and oxygen atoms in total. The maximum Gasteiger partial charge on any atom is 0.264 e. The van der Waals surface area contributed by atoms with Crippen molar-refractivity contribution < 1.29 is 23.8 Å². The van der Waals surface area contributed by atoms with Crippen molar-refractivity contribution >= 4 is 50.4 Å². The molecule has 0 saturated heterocycles. The Morgan fingerprint density at radius 2 is 1.86 bits per heavy atom. The maximum atomic E-state index is 12.6. The molecule has 0 bridgehead atoms. The molecular formula is C30H31N5O5S2. The van der Waals surface area contributed by atoms with E-state index in [1.165, 1.54) is 22.7 Å². The number of anilines is 3. The zero-order valence-electron chi connectivity index (χ0n) is 23.5. The highest BCUT2D eigenvalue weighted by Gasteiger charge is 2.34. The molecule has 0 spiro atoms. The van der Waals surface area contributed by atoms with Crippen LogP contribution in [0.3, 0.4) is 0 Å². The first-order chi connectivity index (χ1) is 20.2. The largest absolute Gasteiger partial charge is 0.483 e. The second-order valence-electron chi connectivity index (χ2n) is 10.9. The summed E-state index contributed by atoms with van der Waals surface area (Å²) in [6.07, 6.45) is 5.77. The summed E-state index contributed by atoms with van der Waals surface area (Å²) in [5, 5.41) is 12.1. The molecule has 3 N–H and O–H groups in total. The highest BCUT2D eigenvalue weighted by molar-refractivity contribution is 7.15. The molecule has 0 aliphatic carbocycles. The topological polar surface area (TPSA) is 124 Å². The summed E-state index contributed by atoms with van der Waals surface area (Å²) in [5.41, 5.74) is 3.68. The number of aryl methyl sites for hydroxylation is 2. The monoisotopic (exact) mass is 605 g/mol. The van der Waals surface area contributed by atoms with Crippen LogP contribution < -0.4 is 30.2 Å². The molecule has 1 unspecified atom stereocenters. The van der Waals surface area contributed by atoms with Crippen LogP contribution in [0.25, 0.3) is 0 Å². The van der Waals surface area contributed by atoms with Crippen molar-refractivity contribution in [2.24, 2.45) is 0 Å². The lowest BCUT2D eigenvalue weighted by Crippen LogP contribution is -2.25. The molecule has 2 aromatic heterocycles. The fourth-order valence-electron chi connectivity index (χ4n) is 5.17. The SMILES string of the molecule is Cc1cnc(NC(=O)COc2cc(C3CCc4cccc(OCC(=O)Nc5nccs5)c4N3)cc3c2OC(C)(C)C3)s1. The van der Waals surface area contributed by atoms with Crippen LogP contribution >= 0.6 is 22.7 Å². The second kappa shape index (κ2) is 11.6. The molecule has 218 valence electrons. The van der Waals surface area contributed by atoms with E-state index >= 15 is 0 Å². The number of thiazole rings is 2. The minimum atomic E-state index is -0.382. The number of rotatable bonds is 9. The van der Waals surface area contributed by atoms with Crippen LogP contribution in [0.2, 0.25) is 0 Å². The number of ether oxygens (including phenoxy) is 3. The average Bonchev–Trinajstić information content (AvgIpc) is 3.69. The predicted octanol–water partition coefficient (Wildman–Crippen LogP) is 5.76. The molecule has 0 fully saturated rings. The molecule has 12 heteroatoms. The predicted molar refractivity (Wildman–Crippen MR) is 163 cm³/mol. The van der Waals surface area contributed by atoms with Crippen LogP contribution in [0.5, 0.6) is 17.2 Å². The molecule has 2 aromatic carbocycles. The fourth-order valence-corrected chi connectivity index (χ4v) is 6.40. The lowest BCUT2D eigenvalue weighted by Gasteiger charge is -2.29. The Bertz CT molecular complexity index is 1620. The summed E-state index contributed by atoms with van der Waals surface area (Å²) >= 11 is 2.77. The van der Waals surface area contributed by atoms with Gasteiger partial charge in [-0.1, -0.05) is 12.1 Å². The third-order valence-corrected chi connectivity index (χ3v) is 8.47. The molecule has 4 heterocycles. The Kier molecular flexibility index (Phi) is 7.74. The molecule has 2 aliphatic heterocycles. The van der Waals surface area contributed by atoms with Gasteiger partial charge >= 0.3 is 0 Å². The lowest BCUT2D eigenvalue weighted by atomic mass is 9.91. The number of amides is 2. The van der Waals surface area contributed by atoms with Gasteiger partial charge in [-0.25, -0.2) is 9.97 Å². The summed E-state index contributed by atoms with van der Waals surface area (Å²) in [6, 6.07) is 9.94. The molecule has 1 atom stereocenters. The van der Waals surface area contributed by atoms with Crippen molar-refractivity contribution in [2.45, 2.75) is 51.7 Å². The van der Waals surface area contributed by atoms with Crippen LogP contribution in [0.4, 0.5) is 16.0 Å². The van der Waals surface area contributed by atoms with E-state index in [2.05, 4.69) is 38.1 Å². The van der Waals surface area contributed by atoms with Gasteiger partial charge in [0.15, 0.2) is 35.0 Å². The zero-order chi connectivity index (χ0) is 29.3. The minimum absolute atomic E-state index is 0.0325. The Labute approximate surface area is 251 Å². The summed E-state index contributed by atoms with van der Waals surface area (Å²) in [5.74, 6) is 1.27. The van der Waals surface area contributed by atoms with Crippen LogP contribution in [-0.2, 0) is 22.4 Å². The third kappa shape index (κ3) is 6.34. The van der Waals surface area contributed by atoms with Crippen molar-refractivity contribution in [3.8, 4) is 17.2 Å². The van der Waals surface area contributed by atoms with Crippen LogP contribution in [-0.4, -0.2) is 40.6 Å². The number of nitrogens with zero attached hydrogens (tertiary/aromatic N) is 2. The zero-order valence-corrected chi connectivity index (χ0v) is 25.1. The standard InChI is InChI=1S/C30H31N5O5S2/c1-17-14-32-29(42-17)35-25(37)16-39-23-12-19(11-20-13-30(2,3)40-27(20)23)21-8-7-18-5-4-6-22(26(18)33-21)38-15-24(36)34-28-31-9-10-41-28/h4-6,9-12,14,21,33H,7-8,13,15-16H2,1-3H3,(H,31,34,36)(H,32,35,37). The van der Waals surface area contributed by atoms with Crippen molar-refractivity contribution in [2.75, 3.05) is 29.2 Å². The van der Waals surface area contributed by atoms with Gasteiger partial charge in [-0.15, -0.1) is 22.7 Å². The van der Waals surface area contributed by atoms with E-state index in [1.807, 2.05) is 39.0 Å². The number of benzene rings is 2. The van der Waals surface area contributed by atoms with E-state index in [4.69, 9.17) is 14.2 Å². The Balaban J connectivity index is 1.18. The fraction of sp³-hybridized carbons (Fsp3) is 0.333. The molecule has 4 aromatic rings. The second-order valence-corrected chi connectivity index (χ2v) is 13.0. The number of nitrogens with one attached hydrogen (secondary N) is 3. The molecular weight excluding hydrogens is 574 g/mol. The normalized spacial score (nSPS) is 16.4. The third-order valence-electron chi connectivity index (χ3n) is 6.95. The highest BCUT2D eigenvalue weighted by Crippen LogP contribution is 2.46. The maximum absolute atomic E-state index is 12.6. The lowest BCUT2D eigenvalue weighted by molar-refractivity contribution is -0.118. The Morgan fingerprint density at radius 1 is 1.07 bits per heavy atom. The number of hydrogen-bond donors (Lipinski definition) is 3. The molecule has 6 rings (SSSR count). The first kappa shape index (κ1) is 28.0. The molecule has 0 radical (unpaired) electrons. The van der Waals surface area contributed by atoms with Gasteiger partial charge in [0.1, 0.15) is 11.4 Å². The van der Waals surface area contributed by atoms with Gasteiger partial charge in [-0.3, -0.25) is 20.2 Å². The van der Waals surface area contributed by atoms with Gasteiger partial charge in [0, 0.05) is 34.6 Å². The number of fused-ring (bicyclic) bond motifs is 2. The smallest absolute Gasteiger partial charge is 0.264 e. The van der Waals surface area contributed by atoms with Gasteiger partial charge in [-0.2, -0.15) is 0 Å². The van der Waals surface area contributed by atoms with E-state index in [0.717, 1.165) is 46.5 Å². The van der Waals surface area contributed by atoms with Gasteiger partial charge in [0.2, 0.25) is 0 Å². The highest BCUT2D eigenvalue weighted by atomic mass is 32.1. The minimum Gasteiger partial charge on any atom is -0.483 e. The number of hydrogen-bond acceptors (Lipinski definition) is 10. The quantitative estimate of drug-likeness (QED) is 0.220. The van der Waals surface area contributed by atoms with Crippen LogP contribution in [0.15, 0.2) is 48.1 Å². The van der Waals surface area contributed by atoms with Gasteiger partial charge < -0.3 is 19.5 Å². The van der Waals surface area contributed by atoms with E-state index < -0.39 is 0 Å². The molecule has 2 amide bonds. The summed E-state index contributed by atoms with van der Waals surface area (Å²) in [6.45, 7) is 5.72.